The zero-order valence-corrected chi connectivity index (χ0v) is 10.9. The van der Waals surface area contributed by atoms with Gasteiger partial charge in [-0.15, -0.1) is 0 Å². The molecular weight excluding hydrogens is 272 g/mol. The minimum Gasteiger partial charge on any atom is -0.506 e. The normalized spacial score (nSPS) is 10.7. The number of hydrogen-bond acceptors (Lipinski definition) is 5. The second kappa shape index (κ2) is 5.12. The third-order valence-electron chi connectivity index (χ3n) is 3.00. The van der Waals surface area contributed by atoms with Crippen LogP contribution in [0.2, 0.25) is 0 Å². The first-order valence-electron chi connectivity index (χ1n) is 6.26. The van der Waals surface area contributed by atoms with Crippen molar-refractivity contribution in [1.29, 1.82) is 0 Å². The monoisotopic (exact) mass is 284 g/mol. The Bertz CT molecular complexity index is 896. The van der Waals surface area contributed by atoms with Crippen LogP contribution < -0.4 is 16.4 Å². The van der Waals surface area contributed by atoms with Gasteiger partial charge >= 0.3 is 11.1 Å². The number of hydrogen-bond donors (Lipinski definition) is 4. The van der Waals surface area contributed by atoms with Crippen molar-refractivity contribution in [2.45, 2.75) is 6.54 Å². The number of aromatic amines is 2. The molecule has 0 aliphatic rings. The molecule has 0 aliphatic heterocycles. The lowest BCUT2D eigenvalue weighted by Gasteiger charge is -2.07. The van der Waals surface area contributed by atoms with E-state index in [-0.39, 0.29) is 5.75 Å². The van der Waals surface area contributed by atoms with Gasteiger partial charge in [-0.1, -0.05) is 0 Å². The zero-order valence-electron chi connectivity index (χ0n) is 10.9. The average Bonchev–Trinajstić information content (AvgIpc) is 2.48. The second-order valence-corrected chi connectivity index (χ2v) is 4.53. The highest BCUT2D eigenvalue weighted by atomic mass is 16.3. The number of aromatic nitrogens is 3. The Morgan fingerprint density at radius 1 is 1.05 bits per heavy atom. The molecule has 7 heteroatoms. The van der Waals surface area contributed by atoms with Gasteiger partial charge in [0.2, 0.25) is 0 Å². The highest BCUT2D eigenvalue weighted by molar-refractivity contribution is 5.78. The van der Waals surface area contributed by atoms with E-state index in [9.17, 15) is 9.59 Å². The number of aromatic hydroxyl groups is 1. The van der Waals surface area contributed by atoms with Crippen molar-refractivity contribution in [2.75, 3.05) is 5.32 Å². The molecule has 21 heavy (non-hydrogen) atoms. The van der Waals surface area contributed by atoms with E-state index >= 15 is 0 Å². The molecule has 4 N–H and O–H groups in total. The van der Waals surface area contributed by atoms with Crippen molar-refractivity contribution >= 4 is 16.7 Å². The van der Waals surface area contributed by atoms with Gasteiger partial charge in [-0.2, -0.15) is 0 Å². The number of fused-ring (bicyclic) bond motifs is 1. The molecule has 0 saturated carbocycles. The van der Waals surface area contributed by atoms with Crippen molar-refractivity contribution < 1.29 is 5.11 Å². The first-order chi connectivity index (χ1) is 10.1. The Morgan fingerprint density at radius 2 is 1.81 bits per heavy atom. The molecule has 0 unspecified atom stereocenters. The quantitative estimate of drug-likeness (QED) is 0.535. The topological polar surface area (TPSA) is 111 Å². The lowest BCUT2D eigenvalue weighted by Crippen LogP contribution is -2.28. The molecule has 2 aromatic heterocycles. The molecule has 3 rings (SSSR count). The van der Waals surface area contributed by atoms with Crippen LogP contribution in [0.4, 0.5) is 5.69 Å². The standard InChI is InChI=1S/C14H12N4O3/c19-10-3-1-9(16-7-10)6-15-8-2-4-11-12(5-8)18-14(21)13(20)17-11/h1-5,7,15,19H,6H2,(H,17,20)(H,18,21). The van der Waals surface area contributed by atoms with Crippen LogP contribution in [0.1, 0.15) is 5.69 Å². The van der Waals surface area contributed by atoms with E-state index in [0.717, 1.165) is 11.4 Å². The summed E-state index contributed by atoms with van der Waals surface area (Å²) in [4.78, 5) is 31.6. The fourth-order valence-corrected chi connectivity index (χ4v) is 1.94. The smallest absolute Gasteiger partial charge is 0.314 e. The van der Waals surface area contributed by atoms with E-state index in [1.54, 1.807) is 30.3 Å². The molecule has 0 aliphatic carbocycles. The lowest BCUT2D eigenvalue weighted by atomic mass is 10.2. The van der Waals surface area contributed by atoms with E-state index in [4.69, 9.17) is 5.11 Å². The van der Waals surface area contributed by atoms with E-state index in [1.807, 2.05) is 0 Å². The van der Waals surface area contributed by atoms with Gasteiger partial charge in [0.05, 0.1) is 29.5 Å². The third kappa shape index (κ3) is 2.76. The number of anilines is 1. The van der Waals surface area contributed by atoms with E-state index < -0.39 is 11.1 Å². The second-order valence-electron chi connectivity index (χ2n) is 4.53. The minimum absolute atomic E-state index is 0.117. The van der Waals surface area contributed by atoms with Crippen LogP contribution in [0, 0.1) is 0 Å². The summed E-state index contributed by atoms with van der Waals surface area (Å²) in [7, 11) is 0. The van der Waals surface area contributed by atoms with Gasteiger partial charge in [-0.25, -0.2) is 0 Å². The summed E-state index contributed by atoms with van der Waals surface area (Å²) < 4.78 is 0. The van der Waals surface area contributed by atoms with E-state index in [1.165, 1.54) is 6.20 Å². The maximum absolute atomic E-state index is 11.3. The largest absolute Gasteiger partial charge is 0.506 e. The molecule has 106 valence electrons. The van der Waals surface area contributed by atoms with Gasteiger partial charge in [0.25, 0.3) is 0 Å². The molecule has 0 atom stereocenters. The van der Waals surface area contributed by atoms with E-state index in [0.29, 0.717) is 17.6 Å². The molecule has 0 amide bonds. The van der Waals surface area contributed by atoms with Crippen LogP contribution in [0.25, 0.3) is 11.0 Å². The Hall–Kier alpha value is -3.09. The highest BCUT2D eigenvalue weighted by Crippen LogP contribution is 2.15. The number of rotatable bonds is 3. The van der Waals surface area contributed by atoms with Gasteiger partial charge in [-0.3, -0.25) is 14.6 Å². The molecular formula is C14H12N4O3. The summed E-state index contributed by atoms with van der Waals surface area (Å²) in [5.41, 5.74) is 1.30. The van der Waals surface area contributed by atoms with Gasteiger partial charge < -0.3 is 20.4 Å². The van der Waals surface area contributed by atoms with Crippen molar-refractivity contribution in [3.63, 3.8) is 0 Å². The first-order valence-corrected chi connectivity index (χ1v) is 6.26. The van der Waals surface area contributed by atoms with Crippen LogP contribution in [0.15, 0.2) is 46.1 Å². The van der Waals surface area contributed by atoms with Gasteiger partial charge in [-0.05, 0) is 30.3 Å². The summed E-state index contributed by atoms with van der Waals surface area (Å²) in [6.07, 6.45) is 1.37. The predicted molar refractivity (Wildman–Crippen MR) is 78.4 cm³/mol. The van der Waals surface area contributed by atoms with Gasteiger partial charge in [0, 0.05) is 5.69 Å². The Kier molecular flexibility index (Phi) is 3.15. The third-order valence-corrected chi connectivity index (χ3v) is 3.00. The molecule has 0 radical (unpaired) electrons. The van der Waals surface area contributed by atoms with Gasteiger partial charge in [0.1, 0.15) is 5.75 Å². The first kappa shape index (κ1) is 12.9. The lowest BCUT2D eigenvalue weighted by molar-refractivity contribution is 0.472. The average molecular weight is 284 g/mol. The number of benzene rings is 1. The Morgan fingerprint density at radius 3 is 2.52 bits per heavy atom. The number of pyridine rings is 1. The van der Waals surface area contributed by atoms with Crippen LogP contribution in [0.5, 0.6) is 5.75 Å². The van der Waals surface area contributed by atoms with Crippen LogP contribution in [-0.2, 0) is 6.54 Å². The molecule has 0 fully saturated rings. The van der Waals surface area contributed by atoms with Crippen LogP contribution in [0.3, 0.4) is 0 Å². The van der Waals surface area contributed by atoms with Gasteiger partial charge in [0.15, 0.2) is 0 Å². The zero-order chi connectivity index (χ0) is 14.8. The minimum atomic E-state index is -0.681. The SMILES string of the molecule is O=c1[nH]c2ccc(NCc3ccc(O)cn3)cc2[nH]c1=O. The Balaban J connectivity index is 1.84. The van der Waals surface area contributed by atoms with Crippen LogP contribution in [-0.4, -0.2) is 20.1 Å². The molecule has 0 saturated heterocycles. The molecule has 7 nitrogen and oxygen atoms in total. The summed E-state index contributed by atoms with van der Waals surface area (Å²) in [6, 6.07) is 8.50. The van der Waals surface area contributed by atoms with Crippen molar-refractivity contribution in [3.05, 3.63) is 62.9 Å². The Labute approximate surface area is 118 Å². The summed E-state index contributed by atoms with van der Waals surface area (Å²) >= 11 is 0. The van der Waals surface area contributed by atoms with Crippen LogP contribution >= 0.6 is 0 Å². The molecule has 3 aromatic rings. The summed E-state index contributed by atoms with van der Waals surface area (Å²) in [6.45, 7) is 0.472. The van der Waals surface area contributed by atoms with E-state index in [2.05, 4.69) is 20.3 Å². The molecule has 0 bridgehead atoms. The summed E-state index contributed by atoms with van der Waals surface area (Å²) in [5, 5.41) is 12.3. The molecule has 2 heterocycles. The highest BCUT2D eigenvalue weighted by Gasteiger charge is 2.01. The van der Waals surface area contributed by atoms with Crippen molar-refractivity contribution in [2.24, 2.45) is 0 Å². The predicted octanol–water partition coefficient (Wildman–Crippen LogP) is 0.929. The fraction of sp³-hybridized carbons (Fsp3) is 0.0714. The molecule has 1 aromatic carbocycles. The molecule has 0 spiro atoms. The number of nitrogens with one attached hydrogen (secondary N) is 3. The maximum atomic E-state index is 11.3. The number of H-pyrrole nitrogens is 2. The summed E-state index contributed by atoms with van der Waals surface area (Å²) in [5.74, 6) is 0.117. The number of nitrogens with zero attached hydrogens (tertiary/aromatic N) is 1. The fourth-order valence-electron chi connectivity index (χ4n) is 1.94. The van der Waals surface area contributed by atoms with Crippen molar-refractivity contribution in [3.8, 4) is 5.75 Å². The van der Waals surface area contributed by atoms with Crippen molar-refractivity contribution in [1.82, 2.24) is 15.0 Å². The maximum Gasteiger partial charge on any atom is 0.314 e.